The van der Waals surface area contributed by atoms with Crippen LogP contribution in [0.4, 0.5) is 16.2 Å². The monoisotopic (exact) mass is 727 g/mol. The number of phenols is 1. The molecule has 7 atom stereocenters. The van der Waals surface area contributed by atoms with Gasteiger partial charge in [-0.05, 0) is 57.8 Å². The minimum absolute atomic E-state index is 0.0424. The van der Waals surface area contributed by atoms with Crippen molar-refractivity contribution in [2.75, 3.05) is 58.1 Å². The molecule has 1 aromatic rings. The number of carbonyl (C=O) groups excluding carboxylic acids is 7. The first-order chi connectivity index (χ1) is 24.3. The molecular weight excluding hydrogens is 682 g/mol. The number of anilines is 2. The zero-order valence-electron chi connectivity index (χ0n) is 30.2. The standard InChI is InChI=1S/C35H45N5O12/c1-8-9-40(34(48)50-14-22-15(2)51-16(3)52-22)13-23(41)37-20-12-21(38(4)5)18-10-17-11-19-27(39(6)7)30(44)26(33(36)47)32(46)35(19,49)31(45)24(17)29(43)25(18)28(20)42/h12,16-17,19,24,26-27,42,49H,8-11,13-14H2,1-7H3,(H2,36,47)(H,37,41)/t16?,17?,19?,24?,26?,27-,35-/m0/s1. The number of likely N-dealkylation sites (N-methyl/N-ethyl adjacent to an activating group) is 1. The molecule has 1 aliphatic heterocycles. The first kappa shape index (κ1) is 38.2. The minimum atomic E-state index is -2.87. The number of Topliss-reactive ketones (excluding diaryl/α,β-unsaturated/α-hetero) is 4. The number of benzene rings is 1. The SMILES string of the molecule is CCCN(CC(=O)Nc1cc(N(C)C)c2c(c1O)C(=O)C1C(=O)[C@]3(O)C(=O)C(C(N)=O)C(=O)[C@@H](N(C)C)C3CC1C2)C(=O)OCC1=C(C)OC(C)O1. The summed E-state index contributed by atoms with van der Waals surface area (Å²) in [4.78, 5) is 98.2. The molecule has 0 radical (unpaired) electrons. The Balaban J connectivity index is 1.44. The fraction of sp³-hybridized carbons (Fsp3) is 0.571. The number of primary amides is 1. The number of allylic oxidation sites excluding steroid dienone is 1. The van der Waals surface area contributed by atoms with Crippen LogP contribution in [0.15, 0.2) is 17.6 Å². The molecule has 1 heterocycles. The van der Waals surface area contributed by atoms with Crippen molar-refractivity contribution in [3.05, 3.63) is 28.7 Å². The van der Waals surface area contributed by atoms with Crippen molar-refractivity contribution in [2.24, 2.45) is 29.4 Å². The second kappa shape index (κ2) is 14.2. The minimum Gasteiger partial charge on any atom is -0.505 e. The first-order valence-electron chi connectivity index (χ1n) is 17.0. The van der Waals surface area contributed by atoms with Crippen LogP contribution in [0.1, 0.15) is 49.5 Å². The summed E-state index contributed by atoms with van der Waals surface area (Å²) in [5.41, 5.74) is 2.85. The predicted molar refractivity (Wildman–Crippen MR) is 182 cm³/mol. The van der Waals surface area contributed by atoms with Crippen molar-refractivity contribution >= 4 is 52.4 Å². The number of aromatic hydroxyl groups is 1. The number of nitrogens with one attached hydrogen (secondary N) is 1. The van der Waals surface area contributed by atoms with Gasteiger partial charge >= 0.3 is 6.09 Å². The van der Waals surface area contributed by atoms with Crippen molar-refractivity contribution in [3.63, 3.8) is 0 Å². The van der Waals surface area contributed by atoms with Gasteiger partial charge in [0.2, 0.25) is 18.1 Å². The van der Waals surface area contributed by atoms with Gasteiger partial charge in [-0.1, -0.05) is 6.92 Å². The van der Waals surface area contributed by atoms with Crippen LogP contribution in [-0.4, -0.2) is 127 Å². The van der Waals surface area contributed by atoms with E-state index in [1.807, 2.05) is 0 Å². The van der Waals surface area contributed by atoms with Crippen LogP contribution in [0.3, 0.4) is 0 Å². The van der Waals surface area contributed by atoms with Crippen molar-refractivity contribution in [1.82, 2.24) is 9.80 Å². The summed E-state index contributed by atoms with van der Waals surface area (Å²) in [5, 5.41) is 25.9. The van der Waals surface area contributed by atoms with E-state index in [9.17, 15) is 43.8 Å². The molecule has 282 valence electrons. The number of nitrogens with two attached hydrogens (primary N) is 1. The number of hydrogen-bond donors (Lipinski definition) is 4. The van der Waals surface area contributed by atoms with Gasteiger partial charge in [0.25, 0.3) is 0 Å². The van der Waals surface area contributed by atoms with Gasteiger partial charge in [0.05, 0.1) is 23.2 Å². The molecule has 0 saturated heterocycles. The molecule has 0 aromatic heterocycles. The summed E-state index contributed by atoms with van der Waals surface area (Å²) in [6.07, 6.45) is -0.899. The molecule has 4 aliphatic rings. The summed E-state index contributed by atoms with van der Waals surface area (Å²) in [6, 6.07) is 0.241. The molecule has 52 heavy (non-hydrogen) atoms. The number of hydrogen-bond acceptors (Lipinski definition) is 14. The van der Waals surface area contributed by atoms with Crippen molar-refractivity contribution in [3.8, 4) is 5.75 Å². The topological polar surface area (TPSA) is 235 Å². The maximum absolute atomic E-state index is 14.3. The lowest BCUT2D eigenvalue weighted by Crippen LogP contribution is -2.74. The highest BCUT2D eigenvalue weighted by molar-refractivity contribution is 6.32. The van der Waals surface area contributed by atoms with Crippen LogP contribution in [-0.2, 0) is 44.6 Å². The van der Waals surface area contributed by atoms with Gasteiger partial charge < -0.3 is 40.4 Å². The molecule has 17 nitrogen and oxygen atoms in total. The Morgan fingerprint density at radius 2 is 1.77 bits per heavy atom. The third-order valence-corrected chi connectivity index (χ3v) is 10.3. The van der Waals surface area contributed by atoms with Crippen molar-refractivity contribution in [1.29, 1.82) is 0 Å². The van der Waals surface area contributed by atoms with Crippen LogP contribution in [0.2, 0.25) is 0 Å². The zero-order valence-corrected chi connectivity index (χ0v) is 30.2. The summed E-state index contributed by atoms with van der Waals surface area (Å²) in [7, 11) is 6.38. The Labute approximate surface area is 300 Å². The number of phenolic OH excluding ortho intramolecular Hbond substituents is 1. The lowest BCUT2D eigenvalue weighted by molar-refractivity contribution is -0.181. The van der Waals surface area contributed by atoms with E-state index in [1.165, 1.54) is 25.1 Å². The molecule has 2 saturated carbocycles. The molecule has 0 bridgehead atoms. The number of amides is 3. The van der Waals surface area contributed by atoms with Gasteiger partial charge in [-0.25, -0.2) is 4.79 Å². The van der Waals surface area contributed by atoms with Gasteiger partial charge in [0, 0.05) is 39.2 Å². The fourth-order valence-electron chi connectivity index (χ4n) is 7.99. The number of ether oxygens (including phenoxy) is 3. The van der Waals surface area contributed by atoms with Crippen molar-refractivity contribution in [2.45, 2.75) is 58.0 Å². The molecule has 3 amide bonds. The predicted octanol–water partition coefficient (Wildman–Crippen LogP) is 0.344. The van der Waals surface area contributed by atoms with E-state index < -0.39 is 94.9 Å². The van der Waals surface area contributed by atoms with E-state index in [4.69, 9.17) is 19.9 Å². The average molecular weight is 728 g/mol. The molecule has 5 N–H and O–H groups in total. The highest BCUT2D eigenvalue weighted by atomic mass is 16.7. The van der Waals surface area contributed by atoms with E-state index in [1.54, 1.807) is 39.8 Å². The normalized spacial score (nSPS) is 28.0. The van der Waals surface area contributed by atoms with Crippen LogP contribution in [0.25, 0.3) is 0 Å². The van der Waals surface area contributed by atoms with Crippen LogP contribution < -0.4 is 16.0 Å². The second-order valence-corrected chi connectivity index (χ2v) is 14.1. The molecule has 0 spiro atoms. The number of ketones is 4. The number of aliphatic hydroxyl groups is 1. The maximum Gasteiger partial charge on any atom is 0.410 e. The highest BCUT2D eigenvalue weighted by Crippen LogP contribution is 2.52. The number of rotatable bonds is 10. The highest BCUT2D eigenvalue weighted by Gasteiger charge is 2.69. The number of carbonyl (C=O) groups is 7. The molecular formula is C35H45N5O12. The van der Waals surface area contributed by atoms with Gasteiger partial charge in [0.15, 0.2) is 47.0 Å². The summed E-state index contributed by atoms with van der Waals surface area (Å²) in [5.74, 6) is -11.9. The summed E-state index contributed by atoms with van der Waals surface area (Å²) in [6.45, 7) is 4.61. The molecule has 5 unspecified atom stereocenters. The Hall–Kier alpha value is -5.03. The average Bonchev–Trinajstić information content (AvgIpc) is 3.38. The lowest BCUT2D eigenvalue weighted by atomic mass is 9.52. The molecule has 1 aromatic carbocycles. The van der Waals surface area contributed by atoms with Gasteiger partial charge in [0.1, 0.15) is 18.1 Å². The van der Waals surface area contributed by atoms with E-state index in [0.717, 1.165) is 4.90 Å². The lowest BCUT2D eigenvalue weighted by Gasteiger charge is -2.52. The van der Waals surface area contributed by atoms with Crippen molar-refractivity contribution < 1.29 is 58.0 Å². The number of nitrogens with zero attached hydrogens (tertiary/aromatic N) is 3. The van der Waals surface area contributed by atoms with Gasteiger partial charge in [-0.2, -0.15) is 0 Å². The Morgan fingerprint density at radius 3 is 2.33 bits per heavy atom. The van der Waals surface area contributed by atoms with E-state index in [0.29, 0.717) is 29.2 Å². The third kappa shape index (κ3) is 6.35. The molecule has 3 aliphatic carbocycles. The Bertz CT molecular complexity index is 1770. The fourth-order valence-corrected chi connectivity index (χ4v) is 7.99. The smallest absolute Gasteiger partial charge is 0.410 e. The molecule has 2 fully saturated rings. The second-order valence-electron chi connectivity index (χ2n) is 14.1. The van der Waals surface area contributed by atoms with Gasteiger partial charge in [-0.15, -0.1) is 0 Å². The Kier molecular flexibility index (Phi) is 10.4. The quantitative estimate of drug-likeness (QED) is 0.188. The van der Waals surface area contributed by atoms with E-state index >= 15 is 0 Å². The zero-order chi connectivity index (χ0) is 38.6. The van der Waals surface area contributed by atoms with Crippen LogP contribution in [0, 0.1) is 23.7 Å². The molecule has 5 rings (SSSR count). The van der Waals surface area contributed by atoms with Crippen LogP contribution in [0.5, 0.6) is 5.75 Å². The summed E-state index contributed by atoms with van der Waals surface area (Å²) < 4.78 is 16.2. The Morgan fingerprint density at radius 1 is 1.10 bits per heavy atom. The van der Waals surface area contributed by atoms with E-state index in [-0.39, 0.29) is 37.2 Å². The van der Waals surface area contributed by atoms with Crippen LogP contribution >= 0.6 is 0 Å². The first-order valence-corrected chi connectivity index (χ1v) is 17.0. The van der Waals surface area contributed by atoms with Gasteiger partial charge in [-0.3, -0.25) is 38.6 Å². The van der Waals surface area contributed by atoms with E-state index in [2.05, 4.69) is 5.32 Å². The summed E-state index contributed by atoms with van der Waals surface area (Å²) >= 11 is 0. The third-order valence-electron chi connectivity index (χ3n) is 10.3. The largest absolute Gasteiger partial charge is 0.505 e. The maximum atomic E-state index is 14.3. The molecule has 17 heteroatoms. The number of fused-ring (bicyclic) bond motifs is 3.